The molecule has 8 heteroatoms. The molecule has 0 N–H and O–H groups in total. The molecule has 0 heterocycles. The molecular formula is C12H14BrClO5S. The first-order chi connectivity index (χ1) is 9.21. The second-order valence-corrected chi connectivity index (χ2v) is 7.56. The summed E-state index contributed by atoms with van der Waals surface area (Å²) < 4.78 is 33.1. The van der Waals surface area contributed by atoms with Gasteiger partial charge in [-0.2, -0.15) is 0 Å². The second kappa shape index (κ2) is 7.40. The van der Waals surface area contributed by atoms with Gasteiger partial charge in [-0.25, -0.2) is 13.2 Å². The summed E-state index contributed by atoms with van der Waals surface area (Å²) in [5.74, 6) is -0.647. The van der Waals surface area contributed by atoms with Crippen LogP contribution in [0.1, 0.15) is 24.2 Å². The van der Waals surface area contributed by atoms with Gasteiger partial charge in [0.05, 0.1) is 23.2 Å². The molecular weight excluding hydrogens is 372 g/mol. The van der Waals surface area contributed by atoms with E-state index in [-0.39, 0.29) is 29.8 Å². The Morgan fingerprint density at radius 3 is 2.55 bits per heavy atom. The van der Waals surface area contributed by atoms with Crippen LogP contribution < -0.4 is 0 Å². The van der Waals surface area contributed by atoms with Crippen molar-refractivity contribution in [2.45, 2.75) is 24.8 Å². The Morgan fingerprint density at radius 1 is 1.35 bits per heavy atom. The second-order valence-electron chi connectivity index (χ2n) is 4.13. The summed E-state index contributed by atoms with van der Waals surface area (Å²) in [4.78, 5) is 11.7. The summed E-state index contributed by atoms with van der Waals surface area (Å²) in [6, 6.07) is 3.89. The van der Waals surface area contributed by atoms with Crippen LogP contribution in [-0.4, -0.2) is 33.7 Å². The monoisotopic (exact) mass is 384 g/mol. The summed E-state index contributed by atoms with van der Waals surface area (Å²) >= 11 is 3.16. The Labute approximate surface area is 130 Å². The van der Waals surface area contributed by atoms with E-state index in [1.165, 1.54) is 12.1 Å². The minimum Gasteiger partial charge on any atom is -0.460 e. The molecule has 0 radical (unpaired) electrons. The van der Waals surface area contributed by atoms with Gasteiger partial charge in [-0.1, -0.05) is 0 Å². The highest BCUT2D eigenvalue weighted by Gasteiger charge is 2.17. The van der Waals surface area contributed by atoms with Crippen molar-refractivity contribution < 1.29 is 22.7 Å². The molecule has 1 aromatic carbocycles. The molecule has 0 saturated carbocycles. The zero-order valence-electron chi connectivity index (χ0n) is 10.9. The minimum atomic E-state index is -3.89. The van der Waals surface area contributed by atoms with Crippen molar-refractivity contribution in [3.05, 3.63) is 28.2 Å². The van der Waals surface area contributed by atoms with Crippen LogP contribution in [-0.2, 0) is 18.5 Å². The van der Waals surface area contributed by atoms with Gasteiger partial charge in [0.1, 0.15) is 6.61 Å². The third-order valence-corrected chi connectivity index (χ3v) is 4.25. The minimum absolute atomic E-state index is 0.0464. The predicted octanol–water partition coefficient (Wildman–Crippen LogP) is 2.96. The van der Waals surface area contributed by atoms with Crippen LogP contribution in [0.4, 0.5) is 0 Å². The molecule has 0 bridgehead atoms. The van der Waals surface area contributed by atoms with Crippen LogP contribution in [0.15, 0.2) is 27.6 Å². The van der Waals surface area contributed by atoms with Crippen LogP contribution >= 0.6 is 26.6 Å². The number of benzene rings is 1. The van der Waals surface area contributed by atoms with Gasteiger partial charge < -0.3 is 9.47 Å². The van der Waals surface area contributed by atoms with Crippen molar-refractivity contribution in [3.8, 4) is 0 Å². The third kappa shape index (κ3) is 5.40. The SMILES string of the molecule is CC(C)OCCOC(=O)c1cc(S(=O)(=O)Cl)ccc1Br. The van der Waals surface area contributed by atoms with E-state index >= 15 is 0 Å². The maximum absolute atomic E-state index is 11.8. The molecule has 0 saturated heterocycles. The van der Waals surface area contributed by atoms with Crippen molar-refractivity contribution in [1.29, 1.82) is 0 Å². The van der Waals surface area contributed by atoms with Gasteiger partial charge in [-0.3, -0.25) is 0 Å². The summed E-state index contributed by atoms with van der Waals surface area (Å²) in [6.07, 6.45) is 0.0464. The Morgan fingerprint density at radius 2 is 2.00 bits per heavy atom. The first-order valence-electron chi connectivity index (χ1n) is 5.74. The number of halogens is 2. The number of ether oxygens (including phenoxy) is 2. The summed E-state index contributed by atoms with van der Waals surface area (Å²) in [5, 5.41) is 0. The molecule has 0 unspecified atom stereocenters. The molecule has 0 fully saturated rings. The maximum Gasteiger partial charge on any atom is 0.339 e. The molecule has 0 amide bonds. The molecule has 112 valence electrons. The smallest absolute Gasteiger partial charge is 0.339 e. The molecule has 20 heavy (non-hydrogen) atoms. The molecule has 5 nitrogen and oxygen atoms in total. The van der Waals surface area contributed by atoms with E-state index in [0.717, 1.165) is 6.07 Å². The number of rotatable bonds is 6. The van der Waals surface area contributed by atoms with E-state index in [2.05, 4.69) is 15.9 Å². The van der Waals surface area contributed by atoms with Gasteiger partial charge in [-0.05, 0) is 48.0 Å². The van der Waals surface area contributed by atoms with Gasteiger partial charge in [0.15, 0.2) is 0 Å². The Hall–Kier alpha value is -0.630. The summed E-state index contributed by atoms with van der Waals surface area (Å²) in [5.41, 5.74) is 0.0938. The number of hydrogen-bond acceptors (Lipinski definition) is 5. The molecule has 0 aliphatic heterocycles. The van der Waals surface area contributed by atoms with Crippen molar-refractivity contribution in [2.24, 2.45) is 0 Å². The normalized spacial score (nSPS) is 11.7. The fraction of sp³-hybridized carbons (Fsp3) is 0.417. The van der Waals surface area contributed by atoms with E-state index in [0.29, 0.717) is 4.47 Å². The quantitative estimate of drug-likeness (QED) is 0.428. The van der Waals surface area contributed by atoms with Crippen LogP contribution in [0.2, 0.25) is 0 Å². The van der Waals surface area contributed by atoms with Gasteiger partial charge in [0.2, 0.25) is 0 Å². The average Bonchev–Trinajstić information content (AvgIpc) is 2.33. The van der Waals surface area contributed by atoms with Gasteiger partial charge in [-0.15, -0.1) is 0 Å². The largest absolute Gasteiger partial charge is 0.460 e. The highest BCUT2D eigenvalue weighted by molar-refractivity contribution is 9.10. The van der Waals surface area contributed by atoms with Gasteiger partial charge in [0, 0.05) is 15.2 Å². The highest BCUT2D eigenvalue weighted by Crippen LogP contribution is 2.23. The van der Waals surface area contributed by atoms with E-state index in [1.54, 1.807) is 0 Å². The van der Waals surface area contributed by atoms with Crippen LogP contribution in [0.3, 0.4) is 0 Å². The first-order valence-corrected chi connectivity index (χ1v) is 8.85. The number of esters is 1. The van der Waals surface area contributed by atoms with Crippen LogP contribution in [0.25, 0.3) is 0 Å². The Bertz CT molecular complexity index is 586. The number of carbonyl (C=O) groups is 1. The lowest BCUT2D eigenvalue weighted by atomic mass is 10.2. The van der Waals surface area contributed by atoms with E-state index in [1.807, 2.05) is 13.8 Å². The van der Waals surface area contributed by atoms with E-state index in [9.17, 15) is 13.2 Å². The Kier molecular flexibility index (Phi) is 6.44. The fourth-order valence-corrected chi connectivity index (χ4v) is 2.49. The lowest BCUT2D eigenvalue weighted by Gasteiger charge is -2.09. The van der Waals surface area contributed by atoms with Crippen LogP contribution in [0, 0.1) is 0 Å². The summed E-state index contributed by atoms with van der Waals surface area (Å²) in [6.45, 7) is 4.09. The van der Waals surface area contributed by atoms with Crippen molar-refractivity contribution in [3.63, 3.8) is 0 Å². The van der Waals surface area contributed by atoms with E-state index < -0.39 is 15.0 Å². The van der Waals surface area contributed by atoms with Crippen molar-refractivity contribution >= 4 is 41.6 Å². The Balaban J connectivity index is 2.77. The molecule has 1 aromatic rings. The fourth-order valence-electron chi connectivity index (χ4n) is 1.31. The predicted molar refractivity (Wildman–Crippen MR) is 78.6 cm³/mol. The zero-order chi connectivity index (χ0) is 15.3. The highest BCUT2D eigenvalue weighted by atomic mass is 79.9. The number of hydrogen-bond donors (Lipinski definition) is 0. The van der Waals surface area contributed by atoms with E-state index in [4.69, 9.17) is 20.2 Å². The third-order valence-electron chi connectivity index (χ3n) is 2.21. The van der Waals surface area contributed by atoms with Gasteiger partial charge in [0.25, 0.3) is 9.05 Å². The average molecular weight is 386 g/mol. The first kappa shape index (κ1) is 17.4. The lowest BCUT2D eigenvalue weighted by molar-refractivity contribution is 0.0176. The number of carbonyl (C=O) groups excluding carboxylic acids is 1. The zero-order valence-corrected chi connectivity index (χ0v) is 14.1. The van der Waals surface area contributed by atoms with Crippen molar-refractivity contribution in [1.82, 2.24) is 0 Å². The van der Waals surface area contributed by atoms with Crippen LogP contribution in [0.5, 0.6) is 0 Å². The van der Waals surface area contributed by atoms with Gasteiger partial charge >= 0.3 is 5.97 Å². The molecule has 0 spiro atoms. The molecule has 0 atom stereocenters. The maximum atomic E-state index is 11.8. The summed E-state index contributed by atoms with van der Waals surface area (Å²) in [7, 11) is 1.34. The molecule has 0 aliphatic rings. The topological polar surface area (TPSA) is 69.7 Å². The lowest BCUT2D eigenvalue weighted by Crippen LogP contribution is -2.14. The molecule has 0 aromatic heterocycles. The van der Waals surface area contributed by atoms with Crippen molar-refractivity contribution in [2.75, 3.05) is 13.2 Å². The molecule has 0 aliphatic carbocycles. The molecule has 1 rings (SSSR count). The standard InChI is InChI=1S/C12H14BrClO5S/c1-8(2)18-5-6-19-12(15)10-7-9(20(14,16)17)3-4-11(10)13/h3-4,7-8H,5-6H2,1-2H3.